The Kier molecular flexibility index (Phi) is 8.58. The summed E-state index contributed by atoms with van der Waals surface area (Å²) >= 11 is 0. The first-order valence-electron chi connectivity index (χ1n) is 12.4. The van der Waals surface area contributed by atoms with Crippen LogP contribution in [0.5, 0.6) is 0 Å². The Balaban J connectivity index is 1.40. The molecule has 34 heavy (non-hydrogen) atoms. The maximum absolute atomic E-state index is 12.9. The van der Waals surface area contributed by atoms with E-state index >= 15 is 0 Å². The van der Waals surface area contributed by atoms with Gasteiger partial charge in [0.05, 0.1) is 17.3 Å². The highest BCUT2D eigenvalue weighted by atomic mass is 19.4. The number of hydrogen-bond acceptors (Lipinski definition) is 5. The van der Waals surface area contributed by atoms with Crippen molar-refractivity contribution in [3.8, 4) is 0 Å². The number of hydrogen-bond donors (Lipinski definition) is 2. The van der Waals surface area contributed by atoms with Crippen LogP contribution in [-0.2, 0) is 19.1 Å². The molecule has 4 rings (SSSR count). The molecule has 2 aliphatic rings. The molecule has 0 radical (unpaired) electrons. The lowest BCUT2D eigenvalue weighted by Crippen LogP contribution is -2.55. The summed E-state index contributed by atoms with van der Waals surface area (Å²) in [6, 6.07) is 10.4. The number of unbranched alkanes of at least 4 members (excludes halogenated alkanes) is 1. The van der Waals surface area contributed by atoms with Crippen molar-refractivity contribution < 1.29 is 13.2 Å². The van der Waals surface area contributed by atoms with Gasteiger partial charge in [0.1, 0.15) is 0 Å². The number of halogens is 3. The number of piperazine rings is 1. The maximum atomic E-state index is 12.9. The molecule has 2 aromatic rings. The van der Waals surface area contributed by atoms with Crippen LogP contribution in [0.2, 0.25) is 0 Å². The van der Waals surface area contributed by atoms with Crippen LogP contribution in [0.4, 0.5) is 13.2 Å². The summed E-state index contributed by atoms with van der Waals surface area (Å²) in [6.07, 6.45) is 3.08. The van der Waals surface area contributed by atoms with E-state index in [2.05, 4.69) is 21.2 Å². The number of aryl methyl sites for hydroxylation is 1. The molecule has 1 saturated heterocycles. The van der Waals surface area contributed by atoms with Crippen molar-refractivity contribution in [2.45, 2.75) is 56.9 Å². The number of aromatic nitrogens is 1. The third-order valence-electron chi connectivity index (χ3n) is 6.99. The molecule has 0 amide bonds. The average molecular weight is 476 g/mol. The van der Waals surface area contributed by atoms with Gasteiger partial charge in [-0.15, -0.1) is 0 Å². The van der Waals surface area contributed by atoms with Gasteiger partial charge < -0.3 is 11.1 Å². The molecule has 3 N–H and O–H groups in total. The summed E-state index contributed by atoms with van der Waals surface area (Å²) in [5.74, 6) is 0. The van der Waals surface area contributed by atoms with Crippen LogP contribution >= 0.6 is 0 Å². The second kappa shape index (κ2) is 11.6. The van der Waals surface area contributed by atoms with E-state index in [1.807, 2.05) is 12.3 Å². The van der Waals surface area contributed by atoms with E-state index in [4.69, 9.17) is 10.7 Å². The first kappa shape index (κ1) is 25.1. The van der Waals surface area contributed by atoms with Crippen LogP contribution in [0, 0.1) is 0 Å². The SMILES string of the molecule is NCCCCN(C[C@H]1CN(Cc2ccc(C(F)(F)F)cc2)CCN1)[C@H]1CCCc2cccnc21. The largest absolute Gasteiger partial charge is 0.416 e. The van der Waals surface area contributed by atoms with Gasteiger partial charge in [0.25, 0.3) is 0 Å². The summed E-state index contributed by atoms with van der Waals surface area (Å²) < 4.78 is 38.6. The van der Waals surface area contributed by atoms with Gasteiger partial charge in [-0.1, -0.05) is 18.2 Å². The number of pyridine rings is 1. The maximum Gasteiger partial charge on any atom is 0.416 e. The molecule has 1 aromatic heterocycles. The molecule has 0 unspecified atom stereocenters. The van der Waals surface area contributed by atoms with Crippen LogP contribution in [0.1, 0.15) is 54.1 Å². The Labute approximate surface area is 200 Å². The Hall–Kier alpha value is -2.00. The molecular formula is C26H36F3N5. The molecule has 0 spiro atoms. The number of fused-ring (bicyclic) bond motifs is 1. The highest BCUT2D eigenvalue weighted by molar-refractivity contribution is 5.26. The van der Waals surface area contributed by atoms with Crippen molar-refractivity contribution in [3.63, 3.8) is 0 Å². The number of nitrogens with two attached hydrogens (primary N) is 1. The van der Waals surface area contributed by atoms with Gasteiger partial charge in [0, 0.05) is 45.0 Å². The summed E-state index contributed by atoms with van der Waals surface area (Å²) in [5.41, 5.74) is 8.67. The van der Waals surface area contributed by atoms with Crippen LogP contribution in [0.15, 0.2) is 42.6 Å². The van der Waals surface area contributed by atoms with E-state index < -0.39 is 11.7 Å². The van der Waals surface area contributed by atoms with E-state index in [0.29, 0.717) is 25.2 Å². The highest BCUT2D eigenvalue weighted by Gasteiger charge is 2.31. The Morgan fingerprint density at radius 1 is 1.15 bits per heavy atom. The van der Waals surface area contributed by atoms with Gasteiger partial charge in [-0.3, -0.25) is 14.8 Å². The molecule has 0 bridgehead atoms. The minimum atomic E-state index is -4.29. The zero-order valence-electron chi connectivity index (χ0n) is 19.7. The number of benzene rings is 1. The molecule has 186 valence electrons. The van der Waals surface area contributed by atoms with Gasteiger partial charge in [-0.2, -0.15) is 13.2 Å². The van der Waals surface area contributed by atoms with Crippen molar-refractivity contribution in [1.82, 2.24) is 20.1 Å². The van der Waals surface area contributed by atoms with Crippen LogP contribution in [0.3, 0.4) is 0 Å². The fourth-order valence-corrected chi connectivity index (χ4v) is 5.27. The van der Waals surface area contributed by atoms with Crippen molar-refractivity contribution in [2.75, 3.05) is 39.3 Å². The molecule has 0 saturated carbocycles. The molecule has 8 heteroatoms. The van der Waals surface area contributed by atoms with Gasteiger partial charge in [0.2, 0.25) is 0 Å². The van der Waals surface area contributed by atoms with E-state index in [1.54, 1.807) is 12.1 Å². The lowest BCUT2D eigenvalue weighted by atomic mass is 9.90. The predicted octanol–water partition coefficient (Wildman–Crippen LogP) is 3.99. The Bertz CT molecular complexity index is 902. The first-order chi connectivity index (χ1) is 16.4. The molecule has 1 aliphatic carbocycles. The minimum absolute atomic E-state index is 0.301. The topological polar surface area (TPSA) is 57.4 Å². The van der Waals surface area contributed by atoms with Gasteiger partial charge >= 0.3 is 6.18 Å². The fourth-order valence-electron chi connectivity index (χ4n) is 5.27. The smallest absolute Gasteiger partial charge is 0.330 e. The van der Waals surface area contributed by atoms with E-state index in [-0.39, 0.29) is 0 Å². The molecular weight excluding hydrogens is 439 g/mol. The normalized spacial score (nSPS) is 21.6. The van der Waals surface area contributed by atoms with E-state index in [9.17, 15) is 13.2 Å². The number of nitrogens with zero attached hydrogens (tertiary/aromatic N) is 3. The van der Waals surface area contributed by atoms with Crippen molar-refractivity contribution in [2.24, 2.45) is 5.73 Å². The lowest BCUT2D eigenvalue weighted by Gasteiger charge is -2.40. The average Bonchev–Trinajstić information content (AvgIpc) is 2.83. The lowest BCUT2D eigenvalue weighted by molar-refractivity contribution is -0.137. The predicted molar refractivity (Wildman–Crippen MR) is 128 cm³/mol. The molecule has 1 aliphatic heterocycles. The van der Waals surface area contributed by atoms with Gasteiger partial charge in [0.15, 0.2) is 0 Å². The van der Waals surface area contributed by atoms with Crippen molar-refractivity contribution in [3.05, 3.63) is 65.0 Å². The Morgan fingerprint density at radius 3 is 2.74 bits per heavy atom. The number of rotatable bonds is 9. The molecule has 2 atom stereocenters. The molecule has 1 fully saturated rings. The second-order valence-corrected chi connectivity index (χ2v) is 9.53. The zero-order chi connectivity index (χ0) is 24.0. The summed E-state index contributed by atoms with van der Waals surface area (Å²) in [7, 11) is 0. The zero-order valence-corrected chi connectivity index (χ0v) is 19.7. The summed E-state index contributed by atoms with van der Waals surface area (Å²) in [6.45, 7) is 5.92. The van der Waals surface area contributed by atoms with Gasteiger partial charge in [-0.25, -0.2) is 0 Å². The van der Waals surface area contributed by atoms with E-state index in [0.717, 1.165) is 64.0 Å². The quantitative estimate of drug-likeness (QED) is 0.537. The third-order valence-corrected chi connectivity index (χ3v) is 6.99. The fraction of sp³-hybridized carbons (Fsp3) is 0.577. The highest BCUT2D eigenvalue weighted by Crippen LogP contribution is 2.33. The van der Waals surface area contributed by atoms with Crippen LogP contribution in [0.25, 0.3) is 0 Å². The number of nitrogens with one attached hydrogen (secondary N) is 1. The molecule has 1 aromatic carbocycles. The minimum Gasteiger partial charge on any atom is -0.330 e. The van der Waals surface area contributed by atoms with E-state index in [1.165, 1.54) is 29.8 Å². The first-order valence-corrected chi connectivity index (χ1v) is 12.4. The summed E-state index contributed by atoms with van der Waals surface area (Å²) in [5, 5.41) is 3.67. The van der Waals surface area contributed by atoms with Crippen LogP contribution < -0.4 is 11.1 Å². The van der Waals surface area contributed by atoms with Crippen LogP contribution in [-0.4, -0.2) is 60.1 Å². The van der Waals surface area contributed by atoms with Gasteiger partial charge in [-0.05, 0) is 74.5 Å². The Morgan fingerprint density at radius 2 is 1.97 bits per heavy atom. The van der Waals surface area contributed by atoms with Crippen molar-refractivity contribution >= 4 is 0 Å². The molecule has 5 nitrogen and oxygen atoms in total. The third kappa shape index (κ3) is 6.56. The standard InChI is InChI=1S/C26H36F3N5/c27-26(28,29)22-10-8-20(9-11-22)17-33-16-14-31-23(18-33)19-34(15-2-1-12-30)24-7-3-5-21-6-4-13-32-25(21)24/h4,6,8-11,13,23-24,31H,1-3,5,7,12,14-19,30H2/t23-,24+/m1/s1. The number of alkyl halides is 3. The van der Waals surface area contributed by atoms with Crippen molar-refractivity contribution in [1.29, 1.82) is 0 Å². The summed E-state index contributed by atoms with van der Waals surface area (Å²) in [4.78, 5) is 9.69. The molecule has 2 heterocycles. The second-order valence-electron chi connectivity index (χ2n) is 9.53. The monoisotopic (exact) mass is 475 g/mol.